The second-order valence-corrected chi connectivity index (χ2v) is 7.29. The molecule has 9 heteroatoms. The van der Waals surface area contributed by atoms with Gasteiger partial charge in [0, 0.05) is 13.0 Å². The van der Waals surface area contributed by atoms with Gasteiger partial charge in [0.1, 0.15) is 23.9 Å². The van der Waals surface area contributed by atoms with E-state index < -0.39 is 12.0 Å². The Morgan fingerprint density at radius 3 is 2.90 bits per heavy atom. The molecule has 148 valence electrons. The van der Waals surface area contributed by atoms with Gasteiger partial charge in [0.15, 0.2) is 5.82 Å². The molecule has 0 saturated heterocycles. The molecule has 5 rings (SSSR count). The van der Waals surface area contributed by atoms with Crippen LogP contribution in [0.15, 0.2) is 42.7 Å². The lowest BCUT2D eigenvalue weighted by Crippen LogP contribution is -2.25. The zero-order valence-electron chi connectivity index (χ0n) is 15.4. The molecule has 1 amide bonds. The quantitative estimate of drug-likeness (QED) is 0.703. The molecule has 1 aromatic carbocycles. The van der Waals surface area contributed by atoms with Crippen LogP contribution in [-0.2, 0) is 6.54 Å². The molecule has 3 heterocycles. The fourth-order valence-corrected chi connectivity index (χ4v) is 4.06. The third kappa shape index (κ3) is 3.02. The Hall–Kier alpha value is -3.36. The number of benzene rings is 1. The van der Waals surface area contributed by atoms with E-state index in [0.29, 0.717) is 48.0 Å². The zero-order valence-corrected chi connectivity index (χ0v) is 15.4. The average Bonchev–Trinajstić information content (AvgIpc) is 3.41. The topological polar surface area (TPSA) is 84.7 Å². The van der Waals surface area contributed by atoms with Gasteiger partial charge in [-0.1, -0.05) is 18.2 Å². The van der Waals surface area contributed by atoms with E-state index in [-0.39, 0.29) is 12.3 Å². The third-order valence-electron chi connectivity index (χ3n) is 5.44. The van der Waals surface area contributed by atoms with Crippen molar-refractivity contribution < 1.29 is 13.6 Å². The molecule has 3 aromatic rings. The Labute approximate surface area is 165 Å². The van der Waals surface area contributed by atoms with Crippen LogP contribution in [0, 0.1) is 0 Å². The van der Waals surface area contributed by atoms with Gasteiger partial charge in [-0.2, -0.15) is 0 Å². The standard InChI is InChI=1S/C20H18F2N6O/c21-20(22)9-3-7-15(20)28-11-24-27-18(28)14-6-2-8-16(26-14)25-13-5-1-4-12-10-23-19(29)17(12)13/h1-2,4-6,8,11,15H,3,7,9-10H2,(H,23,29)(H,25,26). The van der Waals surface area contributed by atoms with Crippen molar-refractivity contribution in [3.8, 4) is 11.5 Å². The van der Waals surface area contributed by atoms with E-state index in [1.807, 2.05) is 12.1 Å². The highest BCUT2D eigenvalue weighted by molar-refractivity contribution is 6.04. The molecule has 0 spiro atoms. The molecule has 1 aliphatic heterocycles. The van der Waals surface area contributed by atoms with Crippen molar-refractivity contribution in [3.05, 3.63) is 53.9 Å². The van der Waals surface area contributed by atoms with Crippen LogP contribution in [-0.4, -0.2) is 31.6 Å². The van der Waals surface area contributed by atoms with Gasteiger partial charge < -0.3 is 15.2 Å². The largest absolute Gasteiger partial charge is 0.348 e. The van der Waals surface area contributed by atoms with Gasteiger partial charge in [-0.05, 0) is 36.6 Å². The number of carbonyl (C=O) groups is 1. The minimum atomic E-state index is -2.79. The SMILES string of the molecule is O=C1NCc2cccc(Nc3cccc(-c4nncn4C4CCCC4(F)F)n3)c21. The summed E-state index contributed by atoms with van der Waals surface area (Å²) in [4.78, 5) is 16.6. The number of carbonyl (C=O) groups excluding carboxylic acids is 1. The second kappa shape index (κ2) is 6.61. The third-order valence-corrected chi connectivity index (χ3v) is 5.44. The van der Waals surface area contributed by atoms with Crippen LogP contribution in [0.4, 0.5) is 20.3 Å². The highest BCUT2D eigenvalue weighted by Crippen LogP contribution is 2.44. The number of halogens is 2. The number of hydrogen-bond donors (Lipinski definition) is 2. The Bertz CT molecular complexity index is 1100. The molecule has 0 radical (unpaired) electrons. The highest BCUT2D eigenvalue weighted by atomic mass is 19.3. The van der Waals surface area contributed by atoms with E-state index in [2.05, 4.69) is 25.8 Å². The van der Waals surface area contributed by atoms with Gasteiger partial charge in [0.2, 0.25) is 0 Å². The lowest BCUT2D eigenvalue weighted by atomic mass is 10.1. The van der Waals surface area contributed by atoms with Crippen LogP contribution in [0.2, 0.25) is 0 Å². The fraction of sp³-hybridized carbons (Fsp3) is 0.300. The van der Waals surface area contributed by atoms with E-state index in [1.165, 1.54) is 10.9 Å². The number of rotatable bonds is 4. The summed E-state index contributed by atoms with van der Waals surface area (Å²) in [6.45, 7) is 0.496. The monoisotopic (exact) mass is 396 g/mol. The maximum Gasteiger partial charge on any atom is 0.268 e. The average molecular weight is 396 g/mol. The highest BCUT2D eigenvalue weighted by Gasteiger charge is 2.46. The summed E-state index contributed by atoms with van der Waals surface area (Å²) >= 11 is 0. The summed E-state index contributed by atoms with van der Waals surface area (Å²) < 4.78 is 29.9. The van der Waals surface area contributed by atoms with Crippen molar-refractivity contribution in [3.63, 3.8) is 0 Å². The molecule has 1 saturated carbocycles. The van der Waals surface area contributed by atoms with E-state index in [4.69, 9.17) is 0 Å². The predicted molar refractivity (Wildman–Crippen MR) is 102 cm³/mol. The number of amides is 1. The van der Waals surface area contributed by atoms with E-state index in [1.54, 1.807) is 24.3 Å². The van der Waals surface area contributed by atoms with Crippen molar-refractivity contribution >= 4 is 17.4 Å². The first-order valence-electron chi connectivity index (χ1n) is 9.45. The number of fused-ring (bicyclic) bond motifs is 1. The van der Waals surface area contributed by atoms with Gasteiger partial charge in [-0.15, -0.1) is 10.2 Å². The minimum absolute atomic E-state index is 0.133. The van der Waals surface area contributed by atoms with E-state index >= 15 is 0 Å². The van der Waals surface area contributed by atoms with Gasteiger partial charge in [0.25, 0.3) is 11.8 Å². The zero-order chi connectivity index (χ0) is 20.0. The number of pyridine rings is 1. The fourth-order valence-electron chi connectivity index (χ4n) is 4.06. The van der Waals surface area contributed by atoms with Crippen molar-refractivity contribution in [2.45, 2.75) is 37.8 Å². The van der Waals surface area contributed by atoms with Crippen molar-refractivity contribution in [2.75, 3.05) is 5.32 Å². The Morgan fingerprint density at radius 1 is 1.21 bits per heavy atom. The van der Waals surface area contributed by atoms with Crippen molar-refractivity contribution in [1.82, 2.24) is 25.1 Å². The first-order valence-corrected chi connectivity index (χ1v) is 9.45. The number of alkyl halides is 2. The maximum absolute atomic E-state index is 14.3. The first kappa shape index (κ1) is 17.7. The van der Waals surface area contributed by atoms with Gasteiger partial charge in [-0.3, -0.25) is 4.79 Å². The smallest absolute Gasteiger partial charge is 0.268 e. The van der Waals surface area contributed by atoms with Crippen molar-refractivity contribution in [2.24, 2.45) is 0 Å². The van der Waals surface area contributed by atoms with Gasteiger partial charge >= 0.3 is 0 Å². The number of nitrogens with one attached hydrogen (secondary N) is 2. The normalized spacial score (nSPS) is 19.8. The summed E-state index contributed by atoms with van der Waals surface area (Å²) in [5.41, 5.74) is 2.59. The lowest BCUT2D eigenvalue weighted by molar-refractivity contribution is -0.0302. The van der Waals surface area contributed by atoms with Crippen LogP contribution in [0.25, 0.3) is 11.5 Å². The molecule has 1 atom stereocenters. The molecule has 29 heavy (non-hydrogen) atoms. The Balaban J connectivity index is 1.48. The summed E-state index contributed by atoms with van der Waals surface area (Å²) in [6, 6.07) is 9.82. The van der Waals surface area contributed by atoms with Crippen LogP contribution >= 0.6 is 0 Å². The molecule has 1 unspecified atom stereocenters. The summed E-state index contributed by atoms with van der Waals surface area (Å²) in [5.74, 6) is -2.13. The predicted octanol–water partition coefficient (Wildman–Crippen LogP) is 3.69. The van der Waals surface area contributed by atoms with Crippen LogP contribution < -0.4 is 10.6 Å². The minimum Gasteiger partial charge on any atom is -0.348 e. The molecule has 1 fully saturated rings. The van der Waals surface area contributed by atoms with Crippen LogP contribution in [0.3, 0.4) is 0 Å². The van der Waals surface area contributed by atoms with E-state index in [0.717, 1.165) is 5.56 Å². The van der Waals surface area contributed by atoms with Crippen molar-refractivity contribution in [1.29, 1.82) is 0 Å². The summed E-state index contributed by atoms with van der Waals surface area (Å²) in [6.07, 6.45) is 2.05. The lowest BCUT2D eigenvalue weighted by Gasteiger charge is -2.21. The molecule has 1 aliphatic carbocycles. The Kier molecular flexibility index (Phi) is 4.04. The Morgan fingerprint density at radius 2 is 2.07 bits per heavy atom. The number of anilines is 2. The number of aromatic nitrogens is 4. The molecule has 0 bridgehead atoms. The molecule has 7 nitrogen and oxygen atoms in total. The van der Waals surface area contributed by atoms with Crippen LogP contribution in [0.5, 0.6) is 0 Å². The second-order valence-electron chi connectivity index (χ2n) is 7.29. The van der Waals surface area contributed by atoms with Gasteiger partial charge in [0.05, 0.1) is 11.3 Å². The van der Waals surface area contributed by atoms with Crippen LogP contribution in [0.1, 0.15) is 41.2 Å². The summed E-state index contributed by atoms with van der Waals surface area (Å²) in [5, 5.41) is 13.8. The van der Waals surface area contributed by atoms with Gasteiger partial charge in [-0.25, -0.2) is 13.8 Å². The number of nitrogens with zero attached hydrogens (tertiary/aromatic N) is 4. The maximum atomic E-state index is 14.3. The summed E-state index contributed by atoms with van der Waals surface area (Å²) in [7, 11) is 0. The number of hydrogen-bond acceptors (Lipinski definition) is 5. The molecular formula is C20H18F2N6O. The van der Waals surface area contributed by atoms with E-state index in [9.17, 15) is 13.6 Å². The first-order chi connectivity index (χ1) is 14.0. The molecular weight excluding hydrogens is 378 g/mol. The molecule has 2 aromatic heterocycles. The molecule has 2 aliphatic rings. The molecule has 2 N–H and O–H groups in total.